The zero-order chi connectivity index (χ0) is 11.0. The number of rotatable bonds is 1. The number of benzene rings is 1. The molecule has 0 amide bonds. The van der Waals surface area contributed by atoms with Crippen LogP contribution in [-0.2, 0) is 0 Å². The zero-order valence-corrected chi connectivity index (χ0v) is 9.48. The summed E-state index contributed by atoms with van der Waals surface area (Å²) in [6.07, 6.45) is 3.25. The smallest absolute Gasteiger partial charge is 0.150 e. The number of nitrogens with one attached hydrogen (secondary N) is 1. The fourth-order valence-corrected chi connectivity index (χ4v) is 2.88. The van der Waals surface area contributed by atoms with Gasteiger partial charge in [0.15, 0.2) is 5.82 Å². The Hall–Kier alpha value is -1.26. The molecule has 2 nitrogen and oxygen atoms in total. The van der Waals surface area contributed by atoms with Gasteiger partial charge in [0.25, 0.3) is 0 Å². The lowest BCUT2D eigenvalue weighted by atomic mass is 10.1. The molecule has 0 saturated carbocycles. The van der Waals surface area contributed by atoms with E-state index in [2.05, 4.69) is 15.8 Å². The Labute approximate surface area is 97.0 Å². The highest BCUT2D eigenvalue weighted by molar-refractivity contribution is 7.08. The summed E-state index contributed by atoms with van der Waals surface area (Å²) in [5.41, 5.74) is 1.73. The van der Waals surface area contributed by atoms with Gasteiger partial charge in [0.05, 0.1) is 4.88 Å². The van der Waals surface area contributed by atoms with Gasteiger partial charge in [-0.1, -0.05) is 18.2 Å². The minimum Gasteiger partial charge on any atom is -0.312 e. The molecule has 0 unspecified atom stereocenters. The molecule has 2 heterocycles. The Kier molecular flexibility index (Phi) is 2.46. The molecule has 0 spiro atoms. The van der Waals surface area contributed by atoms with Crippen molar-refractivity contribution in [2.45, 2.75) is 6.42 Å². The number of nitrogens with zero attached hydrogens (tertiary/aromatic N) is 1. The van der Waals surface area contributed by atoms with Crippen LogP contribution in [0.5, 0.6) is 0 Å². The largest absolute Gasteiger partial charge is 0.312 e. The topological polar surface area (TPSA) is 24.9 Å². The highest BCUT2D eigenvalue weighted by Gasteiger charge is 2.14. The number of hydrogen-bond donors (Lipinski definition) is 1. The molecule has 0 saturated heterocycles. The van der Waals surface area contributed by atoms with Gasteiger partial charge < -0.3 is 5.32 Å². The first-order valence-corrected chi connectivity index (χ1v) is 6.07. The van der Waals surface area contributed by atoms with Crippen molar-refractivity contribution in [1.82, 2.24) is 9.69 Å². The Morgan fingerprint density at radius 2 is 2.31 bits per heavy atom. The molecule has 0 fully saturated rings. The molecule has 0 aliphatic carbocycles. The molecule has 3 rings (SSSR count). The first kappa shape index (κ1) is 9.93. The van der Waals surface area contributed by atoms with Crippen molar-refractivity contribution in [3.8, 4) is 0 Å². The summed E-state index contributed by atoms with van der Waals surface area (Å²) in [6.45, 7) is 1.88. The quantitative estimate of drug-likeness (QED) is 0.820. The first-order chi connectivity index (χ1) is 7.86. The van der Waals surface area contributed by atoms with Crippen LogP contribution in [0, 0.1) is 5.82 Å². The van der Waals surface area contributed by atoms with Crippen molar-refractivity contribution in [1.29, 1.82) is 0 Å². The van der Waals surface area contributed by atoms with Gasteiger partial charge >= 0.3 is 0 Å². The van der Waals surface area contributed by atoms with Crippen LogP contribution < -0.4 is 5.32 Å². The molecule has 4 heteroatoms. The number of hydrogen-bond acceptors (Lipinski definition) is 3. The van der Waals surface area contributed by atoms with Gasteiger partial charge in [-0.25, -0.2) is 4.39 Å². The van der Waals surface area contributed by atoms with Crippen LogP contribution in [0.2, 0.25) is 0 Å². The van der Waals surface area contributed by atoms with E-state index in [1.807, 2.05) is 6.07 Å². The molecule has 1 aliphatic rings. The van der Waals surface area contributed by atoms with Gasteiger partial charge in [-0.2, -0.15) is 4.37 Å². The van der Waals surface area contributed by atoms with E-state index in [0.29, 0.717) is 5.52 Å². The summed E-state index contributed by atoms with van der Waals surface area (Å²) in [7, 11) is 0. The molecule has 82 valence electrons. The summed E-state index contributed by atoms with van der Waals surface area (Å²) < 4.78 is 17.7. The van der Waals surface area contributed by atoms with Crippen LogP contribution in [0.3, 0.4) is 0 Å². The van der Waals surface area contributed by atoms with Crippen molar-refractivity contribution in [3.63, 3.8) is 0 Å². The van der Waals surface area contributed by atoms with Crippen LogP contribution in [0.25, 0.3) is 16.5 Å². The predicted molar refractivity (Wildman–Crippen MR) is 65.0 cm³/mol. The highest BCUT2D eigenvalue weighted by Crippen LogP contribution is 2.30. The average molecular weight is 234 g/mol. The second-order valence-electron chi connectivity index (χ2n) is 3.84. The predicted octanol–water partition coefficient (Wildman–Crippen LogP) is 2.81. The van der Waals surface area contributed by atoms with Crippen molar-refractivity contribution < 1.29 is 4.39 Å². The molecule has 1 aliphatic heterocycles. The minimum absolute atomic E-state index is 0.232. The summed E-state index contributed by atoms with van der Waals surface area (Å²) in [4.78, 5) is 1.10. The molecule has 2 aromatic rings. The molecule has 0 radical (unpaired) electrons. The number of aromatic nitrogens is 1. The third kappa shape index (κ3) is 1.54. The van der Waals surface area contributed by atoms with E-state index in [0.717, 1.165) is 29.8 Å². The summed E-state index contributed by atoms with van der Waals surface area (Å²) in [5.74, 6) is -0.232. The van der Waals surface area contributed by atoms with Crippen LogP contribution in [0.1, 0.15) is 11.3 Å². The third-order valence-electron chi connectivity index (χ3n) is 2.78. The van der Waals surface area contributed by atoms with E-state index in [9.17, 15) is 4.39 Å². The van der Waals surface area contributed by atoms with Crippen molar-refractivity contribution >= 4 is 28.0 Å². The molecule has 0 bridgehead atoms. The summed E-state index contributed by atoms with van der Waals surface area (Å²) in [6, 6.07) is 5.14. The normalized spacial score (nSPS) is 16.4. The van der Waals surface area contributed by atoms with Crippen LogP contribution in [0.15, 0.2) is 24.3 Å². The Bertz CT molecular complexity index is 559. The fraction of sp³-hybridized carbons (Fsp3) is 0.250. The second-order valence-corrected chi connectivity index (χ2v) is 4.62. The van der Waals surface area contributed by atoms with Crippen LogP contribution in [0.4, 0.5) is 4.39 Å². The van der Waals surface area contributed by atoms with E-state index in [4.69, 9.17) is 0 Å². The first-order valence-electron chi connectivity index (χ1n) is 5.30. The van der Waals surface area contributed by atoms with Gasteiger partial charge in [-0.3, -0.25) is 0 Å². The summed E-state index contributed by atoms with van der Waals surface area (Å²) >= 11 is 1.39. The standard InChI is InChI=1S/C12H11FN2S/c13-10-5-1-4-9-11(10)15-16-12(9)8-3-2-6-14-7-8/h1,3-5,14H,2,6-7H2. The van der Waals surface area contributed by atoms with E-state index in [1.165, 1.54) is 23.2 Å². The van der Waals surface area contributed by atoms with E-state index in [-0.39, 0.29) is 5.82 Å². The summed E-state index contributed by atoms with van der Waals surface area (Å²) in [5, 5.41) is 4.25. The van der Waals surface area contributed by atoms with Gasteiger partial charge in [0, 0.05) is 11.9 Å². The Morgan fingerprint density at radius 1 is 1.38 bits per heavy atom. The van der Waals surface area contributed by atoms with Crippen LogP contribution in [-0.4, -0.2) is 17.5 Å². The lowest BCUT2D eigenvalue weighted by Gasteiger charge is -2.12. The van der Waals surface area contributed by atoms with Gasteiger partial charge in [-0.15, -0.1) is 0 Å². The molecule has 1 aromatic carbocycles. The third-order valence-corrected chi connectivity index (χ3v) is 3.72. The molecular weight excluding hydrogens is 223 g/mol. The van der Waals surface area contributed by atoms with E-state index >= 15 is 0 Å². The van der Waals surface area contributed by atoms with Gasteiger partial charge in [-0.05, 0) is 36.1 Å². The van der Waals surface area contributed by atoms with Crippen LogP contribution >= 0.6 is 11.5 Å². The molecule has 0 atom stereocenters. The van der Waals surface area contributed by atoms with Gasteiger partial charge in [0.2, 0.25) is 0 Å². The fourth-order valence-electron chi connectivity index (χ4n) is 1.98. The van der Waals surface area contributed by atoms with Gasteiger partial charge in [0.1, 0.15) is 5.52 Å². The number of fused-ring (bicyclic) bond motifs is 1. The zero-order valence-electron chi connectivity index (χ0n) is 8.66. The maximum atomic E-state index is 13.5. The lowest BCUT2D eigenvalue weighted by Crippen LogP contribution is -2.21. The Balaban J connectivity index is 2.17. The minimum atomic E-state index is -0.232. The number of halogens is 1. The lowest BCUT2D eigenvalue weighted by molar-refractivity contribution is 0.638. The molecule has 16 heavy (non-hydrogen) atoms. The second kappa shape index (κ2) is 3.96. The van der Waals surface area contributed by atoms with E-state index in [1.54, 1.807) is 6.07 Å². The maximum absolute atomic E-state index is 13.5. The van der Waals surface area contributed by atoms with Crippen molar-refractivity contribution in [3.05, 3.63) is 35.0 Å². The van der Waals surface area contributed by atoms with E-state index < -0.39 is 0 Å². The SMILES string of the molecule is Fc1cccc2c(C3=CCCNC3)snc12. The van der Waals surface area contributed by atoms with Crippen molar-refractivity contribution in [2.24, 2.45) is 0 Å². The van der Waals surface area contributed by atoms with Crippen molar-refractivity contribution in [2.75, 3.05) is 13.1 Å². The average Bonchev–Trinajstić information content (AvgIpc) is 2.75. The molecule has 1 N–H and O–H groups in total. The molecule has 1 aromatic heterocycles. The maximum Gasteiger partial charge on any atom is 0.150 e. The highest BCUT2D eigenvalue weighted by atomic mass is 32.1. The monoisotopic (exact) mass is 234 g/mol. The Morgan fingerprint density at radius 3 is 3.12 bits per heavy atom. The molecular formula is C12H11FN2S.